The number of anilines is 1. The van der Waals surface area contributed by atoms with Gasteiger partial charge in [-0.15, -0.1) is 0 Å². The smallest absolute Gasteiger partial charge is 0.0470 e. The molecule has 1 atom stereocenters. The van der Waals surface area contributed by atoms with Gasteiger partial charge in [0, 0.05) is 22.2 Å². The van der Waals surface area contributed by atoms with Crippen LogP contribution in [0.2, 0.25) is 0 Å². The summed E-state index contributed by atoms with van der Waals surface area (Å²) in [4.78, 5) is 0. The van der Waals surface area contributed by atoms with Crippen molar-refractivity contribution in [3.8, 4) is 0 Å². The average Bonchev–Trinajstić information content (AvgIpc) is 3.05. The second-order valence-corrected chi connectivity index (χ2v) is 5.96. The Bertz CT molecular complexity index is 345. The number of halogens is 1. The normalized spacial score (nSPS) is 19.2. The van der Waals surface area contributed by atoms with Gasteiger partial charge in [0.25, 0.3) is 0 Å². The lowest BCUT2D eigenvalue weighted by molar-refractivity contribution is 0.453. The third-order valence-electron chi connectivity index (χ3n) is 3.18. The van der Waals surface area contributed by atoms with Gasteiger partial charge in [-0.05, 0) is 43.5 Å². The van der Waals surface area contributed by atoms with Gasteiger partial charge in [0.2, 0.25) is 0 Å². The molecule has 0 heterocycles. The largest absolute Gasteiger partial charge is 0.379 e. The zero-order valence-electron chi connectivity index (χ0n) is 9.67. The molecule has 0 saturated heterocycles. The van der Waals surface area contributed by atoms with Crippen molar-refractivity contribution in [2.75, 3.05) is 11.9 Å². The number of rotatable bonds is 5. The Hall–Kier alpha value is -0.540. The molecule has 1 saturated carbocycles. The fourth-order valence-corrected chi connectivity index (χ4v) is 2.29. The van der Waals surface area contributed by atoms with Crippen molar-refractivity contribution in [2.24, 2.45) is 11.7 Å². The zero-order valence-corrected chi connectivity index (χ0v) is 11.3. The van der Waals surface area contributed by atoms with Gasteiger partial charge in [-0.25, -0.2) is 0 Å². The predicted octanol–water partition coefficient (Wildman–Crippen LogP) is 3.38. The molecule has 0 bridgehead atoms. The quantitative estimate of drug-likeness (QED) is 0.869. The molecule has 1 aromatic carbocycles. The minimum absolute atomic E-state index is 0.0367. The Morgan fingerprint density at radius 2 is 2.00 bits per heavy atom. The molecule has 1 unspecified atom stereocenters. The van der Waals surface area contributed by atoms with E-state index in [0.29, 0.717) is 6.54 Å². The summed E-state index contributed by atoms with van der Waals surface area (Å²) in [5.41, 5.74) is 7.08. The zero-order chi connectivity index (χ0) is 11.6. The van der Waals surface area contributed by atoms with Crippen molar-refractivity contribution >= 4 is 21.6 Å². The van der Waals surface area contributed by atoms with Crippen molar-refractivity contribution in [2.45, 2.75) is 31.7 Å². The van der Waals surface area contributed by atoms with Gasteiger partial charge < -0.3 is 11.1 Å². The first-order valence-electron chi connectivity index (χ1n) is 5.85. The molecule has 88 valence electrons. The van der Waals surface area contributed by atoms with Crippen molar-refractivity contribution < 1.29 is 0 Å². The number of hydrogen-bond acceptors (Lipinski definition) is 2. The lowest BCUT2D eigenvalue weighted by atomic mass is 9.94. The highest BCUT2D eigenvalue weighted by Gasteiger charge is 2.32. The highest BCUT2D eigenvalue weighted by molar-refractivity contribution is 9.10. The molecule has 16 heavy (non-hydrogen) atoms. The summed E-state index contributed by atoms with van der Waals surface area (Å²) in [6.07, 6.45) is 3.93. The fourth-order valence-electron chi connectivity index (χ4n) is 2.03. The Kier molecular flexibility index (Phi) is 3.55. The van der Waals surface area contributed by atoms with E-state index in [2.05, 4.69) is 52.4 Å². The van der Waals surface area contributed by atoms with Crippen LogP contribution in [-0.2, 0) is 0 Å². The third-order valence-corrected chi connectivity index (χ3v) is 3.71. The van der Waals surface area contributed by atoms with E-state index >= 15 is 0 Å². The summed E-state index contributed by atoms with van der Waals surface area (Å²) in [5.74, 6) is 0.886. The SMILES string of the molecule is CC(CN)(CC1CC1)Nc1ccc(Br)cc1. The molecule has 0 aromatic heterocycles. The highest BCUT2D eigenvalue weighted by Crippen LogP contribution is 2.37. The predicted molar refractivity (Wildman–Crippen MR) is 72.6 cm³/mol. The second kappa shape index (κ2) is 4.76. The molecule has 3 heteroatoms. The summed E-state index contributed by atoms with van der Waals surface area (Å²) < 4.78 is 1.11. The first-order valence-corrected chi connectivity index (χ1v) is 6.64. The van der Waals surface area contributed by atoms with E-state index in [1.165, 1.54) is 19.3 Å². The van der Waals surface area contributed by atoms with E-state index in [4.69, 9.17) is 5.73 Å². The lowest BCUT2D eigenvalue weighted by Gasteiger charge is -2.30. The summed E-state index contributed by atoms with van der Waals surface area (Å²) in [6, 6.07) is 8.28. The van der Waals surface area contributed by atoms with Gasteiger partial charge in [0.15, 0.2) is 0 Å². The van der Waals surface area contributed by atoms with Crippen LogP contribution < -0.4 is 11.1 Å². The van der Waals surface area contributed by atoms with Crippen LogP contribution in [0.15, 0.2) is 28.7 Å². The Balaban J connectivity index is 2.01. The second-order valence-electron chi connectivity index (χ2n) is 5.04. The van der Waals surface area contributed by atoms with Crippen LogP contribution in [0.4, 0.5) is 5.69 Å². The number of benzene rings is 1. The molecule has 3 N–H and O–H groups in total. The van der Waals surface area contributed by atoms with Gasteiger partial charge >= 0.3 is 0 Å². The molecule has 1 fully saturated rings. The number of nitrogens with one attached hydrogen (secondary N) is 1. The molecule has 0 radical (unpaired) electrons. The average molecular weight is 283 g/mol. The molecule has 2 rings (SSSR count). The van der Waals surface area contributed by atoms with Crippen LogP contribution in [0.25, 0.3) is 0 Å². The topological polar surface area (TPSA) is 38.0 Å². The van der Waals surface area contributed by atoms with E-state index < -0.39 is 0 Å². The Morgan fingerprint density at radius 3 is 2.50 bits per heavy atom. The maximum atomic E-state index is 5.89. The molecule has 0 amide bonds. The van der Waals surface area contributed by atoms with Crippen LogP contribution in [0.5, 0.6) is 0 Å². The standard InChI is InChI=1S/C13H19BrN2/c1-13(9-15,8-10-2-3-10)16-12-6-4-11(14)5-7-12/h4-7,10,16H,2-3,8-9,15H2,1H3. The Labute approximate surface area is 106 Å². The molecule has 0 aliphatic heterocycles. The summed E-state index contributed by atoms with van der Waals surface area (Å²) in [5, 5.41) is 3.56. The minimum Gasteiger partial charge on any atom is -0.379 e. The monoisotopic (exact) mass is 282 g/mol. The first-order chi connectivity index (χ1) is 7.61. The molecular weight excluding hydrogens is 264 g/mol. The molecule has 1 aliphatic rings. The highest BCUT2D eigenvalue weighted by atomic mass is 79.9. The third kappa shape index (κ3) is 3.22. The molecule has 2 nitrogen and oxygen atoms in total. The maximum absolute atomic E-state index is 5.89. The van der Waals surface area contributed by atoms with Crippen LogP contribution in [-0.4, -0.2) is 12.1 Å². The van der Waals surface area contributed by atoms with Crippen molar-refractivity contribution in [3.05, 3.63) is 28.7 Å². The van der Waals surface area contributed by atoms with Gasteiger partial charge in [0.1, 0.15) is 0 Å². The number of hydrogen-bond donors (Lipinski definition) is 2. The minimum atomic E-state index is 0.0367. The van der Waals surface area contributed by atoms with E-state index in [9.17, 15) is 0 Å². The van der Waals surface area contributed by atoms with Gasteiger partial charge in [-0.1, -0.05) is 28.8 Å². The first kappa shape index (κ1) is 11.9. The van der Waals surface area contributed by atoms with E-state index in [1.807, 2.05) is 0 Å². The van der Waals surface area contributed by atoms with E-state index in [-0.39, 0.29) is 5.54 Å². The molecule has 0 spiro atoms. The van der Waals surface area contributed by atoms with E-state index in [0.717, 1.165) is 16.1 Å². The maximum Gasteiger partial charge on any atom is 0.0470 e. The van der Waals surface area contributed by atoms with Crippen molar-refractivity contribution in [3.63, 3.8) is 0 Å². The molecular formula is C13H19BrN2. The molecule has 1 aromatic rings. The van der Waals surface area contributed by atoms with Gasteiger partial charge in [0.05, 0.1) is 0 Å². The Morgan fingerprint density at radius 1 is 1.38 bits per heavy atom. The van der Waals surface area contributed by atoms with Crippen LogP contribution in [0.3, 0.4) is 0 Å². The summed E-state index contributed by atoms with van der Waals surface area (Å²) in [7, 11) is 0. The van der Waals surface area contributed by atoms with Crippen molar-refractivity contribution in [1.29, 1.82) is 0 Å². The van der Waals surface area contributed by atoms with E-state index in [1.54, 1.807) is 0 Å². The molecule has 1 aliphatic carbocycles. The summed E-state index contributed by atoms with van der Waals surface area (Å²) in [6.45, 7) is 2.90. The lowest BCUT2D eigenvalue weighted by Crippen LogP contribution is -2.43. The van der Waals surface area contributed by atoms with Crippen LogP contribution >= 0.6 is 15.9 Å². The van der Waals surface area contributed by atoms with Crippen LogP contribution in [0.1, 0.15) is 26.2 Å². The number of nitrogens with two attached hydrogens (primary N) is 1. The van der Waals surface area contributed by atoms with Crippen molar-refractivity contribution in [1.82, 2.24) is 0 Å². The van der Waals surface area contributed by atoms with Crippen LogP contribution in [0, 0.1) is 5.92 Å². The van der Waals surface area contributed by atoms with Gasteiger partial charge in [-0.2, -0.15) is 0 Å². The summed E-state index contributed by atoms with van der Waals surface area (Å²) >= 11 is 3.44. The fraction of sp³-hybridized carbons (Fsp3) is 0.538. The van der Waals surface area contributed by atoms with Gasteiger partial charge in [-0.3, -0.25) is 0 Å².